The van der Waals surface area contributed by atoms with Crippen LogP contribution in [0.15, 0.2) is 35.4 Å². The molecular weight excluding hydrogens is 528 g/mol. The SMILES string of the molecule is COC(=O)CC(C)(Cc1cn(S(=O)(=O)c2ccc(C)cc2)c(C)c1C)NC(=O)OC1CCC2CC3CC1C[C@@H]2C3. The second kappa shape index (κ2) is 10.9. The van der Waals surface area contributed by atoms with Crippen LogP contribution >= 0.6 is 0 Å². The first-order valence-corrected chi connectivity index (χ1v) is 15.9. The number of benzene rings is 1. The van der Waals surface area contributed by atoms with Gasteiger partial charge < -0.3 is 14.8 Å². The highest BCUT2D eigenvalue weighted by Gasteiger charge is 2.46. The van der Waals surface area contributed by atoms with Crippen molar-refractivity contribution in [3.63, 3.8) is 0 Å². The summed E-state index contributed by atoms with van der Waals surface area (Å²) in [7, 11) is -2.50. The lowest BCUT2D eigenvalue weighted by Crippen LogP contribution is -2.50. The number of aromatic nitrogens is 1. The van der Waals surface area contributed by atoms with Crippen molar-refractivity contribution in [2.75, 3.05) is 7.11 Å². The molecule has 6 atom stereocenters. The summed E-state index contributed by atoms with van der Waals surface area (Å²) in [6, 6.07) is 6.74. The van der Waals surface area contributed by atoms with Gasteiger partial charge in [0.15, 0.2) is 0 Å². The van der Waals surface area contributed by atoms with Crippen LogP contribution in [0.25, 0.3) is 0 Å². The van der Waals surface area contributed by atoms with Gasteiger partial charge in [-0.2, -0.15) is 0 Å². The number of carbonyl (C=O) groups is 2. The molecule has 0 spiro atoms. The molecule has 1 heterocycles. The molecule has 1 N–H and O–H groups in total. The van der Waals surface area contributed by atoms with Crippen molar-refractivity contribution in [2.45, 2.75) is 95.6 Å². The minimum atomic E-state index is -3.81. The number of alkyl carbamates (subject to hydrolysis) is 1. The topological polar surface area (TPSA) is 104 Å². The fourth-order valence-corrected chi connectivity index (χ4v) is 8.99. The van der Waals surface area contributed by atoms with Crippen LogP contribution in [0.4, 0.5) is 4.79 Å². The lowest BCUT2D eigenvalue weighted by molar-refractivity contribution is -0.142. The quantitative estimate of drug-likeness (QED) is 0.423. The van der Waals surface area contributed by atoms with Gasteiger partial charge in [0, 0.05) is 11.9 Å². The Kier molecular flexibility index (Phi) is 7.81. The average molecular weight is 571 g/mol. The van der Waals surface area contributed by atoms with Gasteiger partial charge in [0.05, 0.1) is 24.0 Å². The number of hydrogen-bond donors (Lipinski definition) is 1. The van der Waals surface area contributed by atoms with Gasteiger partial charge in [-0.25, -0.2) is 17.2 Å². The summed E-state index contributed by atoms with van der Waals surface area (Å²) in [5.41, 5.74) is 2.04. The van der Waals surface area contributed by atoms with Crippen LogP contribution < -0.4 is 5.32 Å². The normalized spacial score (nSPS) is 27.1. The van der Waals surface area contributed by atoms with Gasteiger partial charge in [-0.15, -0.1) is 0 Å². The number of rotatable bonds is 8. The van der Waals surface area contributed by atoms with E-state index in [0.29, 0.717) is 11.6 Å². The molecule has 5 rings (SSSR count). The molecule has 8 nitrogen and oxygen atoms in total. The number of esters is 1. The Morgan fingerprint density at radius 2 is 1.68 bits per heavy atom. The molecule has 3 saturated carbocycles. The first-order chi connectivity index (χ1) is 18.9. The van der Waals surface area contributed by atoms with Crippen molar-refractivity contribution in [3.8, 4) is 0 Å². The smallest absolute Gasteiger partial charge is 0.407 e. The predicted molar refractivity (Wildman–Crippen MR) is 151 cm³/mol. The van der Waals surface area contributed by atoms with Crippen molar-refractivity contribution in [2.24, 2.45) is 23.7 Å². The number of hydrogen-bond acceptors (Lipinski definition) is 6. The lowest BCUT2D eigenvalue weighted by Gasteiger charge is -2.34. The van der Waals surface area contributed by atoms with Crippen LogP contribution in [0, 0.1) is 44.4 Å². The number of nitrogens with one attached hydrogen (secondary N) is 1. The summed E-state index contributed by atoms with van der Waals surface area (Å²) in [5.74, 6) is 2.24. The molecule has 5 unspecified atom stereocenters. The Bertz CT molecular complexity index is 1380. The largest absolute Gasteiger partial charge is 0.469 e. The molecule has 3 bridgehead atoms. The van der Waals surface area contributed by atoms with Crippen LogP contribution in [0.5, 0.6) is 0 Å². The number of aryl methyl sites for hydroxylation is 1. The number of fused-ring (bicyclic) bond motifs is 2. The fraction of sp³-hybridized carbons (Fsp3) is 0.613. The maximum absolute atomic E-state index is 13.5. The number of carbonyl (C=O) groups excluding carboxylic acids is 2. The molecule has 3 aliphatic carbocycles. The maximum atomic E-state index is 13.5. The van der Waals surface area contributed by atoms with Gasteiger partial charge in [-0.1, -0.05) is 17.7 Å². The zero-order valence-corrected chi connectivity index (χ0v) is 25.1. The van der Waals surface area contributed by atoms with Crippen molar-refractivity contribution in [1.82, 2.24) is 9.29 Å². The van der Waals surface area contributed by atoms with Gasteiger partial charge in [-0.3, -0.25) is 4.79 Å². The second-order valence-electron chi connectivity index (χ2n) is 12.7. The highest BCUT2D eigenvalue weighted by Crippen LogP contribution is 2.53. The van der Waals surface area contributed by atoms with Crippen LogP contribution in [0.3, 0.4) is 0 Å². The van der Waals surface area contributed by atoms with Crippen LogP contribution in [0.2, 0.25) is 0 Å². The van der Waals surface area contributed by atoms with E-state index in [-0.39, 0.29) is 23.8 Å². The summed E-state index contributed by atoms with van der Waals surface area (Å²) in [6.45, 7) is 7.31. The monoisotopic (exact) mass is 570 g/mol. The van der Waals surface area contributed by atoms with Crippen molar-refractivity contribution in [3.05, 3.63) is 52.8 Å². The number of nitrogens with zero attached hydrogens (tertiary/aromatic N) is 1. The average Bonchev–Trinajstić information content (AvgIpc) is 3.30. The molecule has 3 fully saturated rings. The van der Waals surface area contributed by atoms with E-state index in [2.05, 4.69) is 5.32 Å². The van der Waals surface area contributed by atoms with Crippen LogP contribution in [-0.2, 0) is 30.7 Å². The zero-order chi connectivity index (χ0) is 28.8. The molecule has 0 aliphatic heterocycles. The minimum absolute atomic E-state index is 0.0761. The number of methoxy groups -OCH3 is 1. The van der Waals surface area contributed by atoms with E-state index in [4.69, 9.17) is 9.47 Å². The molecule has 1 amide bonds. The van der Waals surface area contributed by atoms with E-state index in [9.17, 15) is 18.0 Å². The Labute approximate surface area is 237 Å². The number of ether oxygens (including phenoxy) is 2. The molecule has 1 aromatic carbocycles. The Hall–Kier alpha value is -2.81. The Morgan fingerprint density at radius 3 is 2.38 bits per heavy atom. The number of amides is 1. The van der Waals surface area contributed by atoms with E-state index in [1.165, 1.54) is 23.9 Å². The van der Waals surface area contributed by atoms with Gasteiger partial charge in [-0.05, 0) is 120 Å². The van der Waals surface area contributed by atoms with E-state index in [0.717, 1.165) is 60.1 Å². The van der Waals surface area contributed by atoms with Crippen LogP contribution in [-0.4, -0.2) is 43.2 Å². The summed E-state index contributed by atoms with van der Waals surface area (Å²) < 4.78 is 39.2. The van der Waals surface area contributed by atoms with Gasteiger partial charge in [0.25, 0.3) is 10.0 Å². The molecular formula is C31H42N2O6S. The van der Waals surface area contributed by atoms with Crippen molar-refractivity contribution >= 4 is 22.1 Å². The first kappa shape index (κ1) is 28.7. The summed E-state index contributed by atoms with van der Waals surface area (Å²) in [4.78, 5) is 25.9. The van der Waals surface area contributed by atoms with Crippen LogP contribution in [0.1, 0.15) is 74.3 Å². The van der Waals surface area contributed by atoms with Gasteiger partial charge in [0.2, 0.25) is 0 Å². The maximum Gasteiger partial charge on any atom is 0.407 e. The van der Waals surface area contributed by atoms with E-state index in [1.807, 2.05) is 13.8 Å². The van der Waals surface area contributed by atoms with E-state index in [1.54, 1.807) is 44.3 Å². The fourth-order valence-electron chi connectivity index (χ4n) is 7.52. The van der Waals surface area contributed by atoms with E-state index < -0.39 is 27.6 Å². The van der Waals surface area contributed by atoms with Gasteiger partial charge in [0.1, 0.15) is 6.10 Å². The molecule has 218 valence electrons. The third-order valence-corrected chi connectivity index (χ3v) is 11.5. The molecule has 2 aromatic rings. The highest BCUT2D eigenvalue weighted by atomic mass is 32.2. The van der Waals surface area contributed by atoms with Crippen molar-refractivity contribution in [1.29, 1.82) is 0 Å². The highest BCUT2D eigenvalue weighted by molar-refractivity contribution is 7.90. The molecule has 3 aliphatic rings. The predicted octanol–water partition coefficient (Wildman–Crippen LogP) is 5.46. The van der Waals surface area contributed by atoms with Gasteiger partial charge >= 0.3 is 12.1 Å². The molecule has 0 radical (unpaired) electrons. The molecule has 0 saturated heterocycles. The standard InChI is InChI=1S/C31H42N2O6S/c1-19-6-9-27(10-7-19)40(36,37)33-18-26(20(2)21(33)3)16-31(4,17-29(34)38-5)32-30(35)39-28-11-8-23-12-22-13-24(23)15-25(28)14-22/h6-7,9-10,18,22-25,28H,8,11-17H2,1-5H3,(H,32,35)/t22?,23?,24-,25?,28?,31?/m0/s1. The second-order valence-corrected chi connectivity index (χ2v) is 14.5. The summed E-state index contributed by atoms with van der Waals surface area (Å²) in [5, 5.41) is 2.98. The molecule has 40 heavy (non-hydrogen) atoms. The Balaban J connectivity index is 1.35. The molecule has 1 aromatic heterocycles. The third-order valence-electron chi connectivity index (χ3n) is 9.74. The lowest BCUT2D eigenvalue weighted by atomic mass is 9.78. The summed E-state index contributed by atoms with van der Waals surface area (Å²) in [6.07, 6.45) is 8.04. The van der Waals surface area contributed by atoms with Crippen molar-refractivity contribution < 1.29 is 27.5 Å². The zero-order valence-electron chi connectivity index (χ0n) is 24.2. The minimum Gasteiger partial charge on any atom is -0.469 e. The summed E-state index contributed by atoms with van der Waals surface area (Å²) >= 11 is 0. The first-order valence-electron chi connectivity index (χ1n) is 14.4. The third kappa shape index (κ3) is 5.67. The molecule has 9 heteroatoms. The van der Waals surface area contributed by atoms with E-state index >= 15 is 0 Å². The Morgan fingerprint density at radius 1 is 1.00 bits per heavy atom.